The second kappa shape index (κ2) is 6.82. The van der Waals surface area contributed by atoms with E-state index in [4.69, 9.17) is 4.42 Å². The number of furan rings is 1. The molecule has 7 heteroatoms. The summed E-state index contributed by atoms with van der Waals surface area (Å²) < 4.78 is 31.2. The van der Waals surface area contributed by atoms with Crippen LogP contribution >= 0.6 is 0 Å². The Morgan fingerprint density at radius 2 is 2.04 bits per heavy atom. The summed E-state index contributed by atoms with van der Waals surface area (Å²) in [5.74, 6) is -2.75. The van der Waals surface area contributed by atoms with Crippen molar-refractivity contribution in [2.45, 2.75) is 12.8 Å². The molecule has 1 N–H and O–H groups in total. The first-order valence-corrected chi connectivity index (χ1v) is 7.63. The Labute approximate surface area is 137 Å². The Bertz CT molecular complexity index is 746. The summed E-state index contributed by atoms with van der Waals surface area (Å²) in [4.78, 5) is 26.2. The quantitative estimate of drug-likeness (QED) is 0.938. The summed E-state index contributed by atoms with van der Waals surface area (Å²) in [6.07, 6.45) is 2.73. The Hall–Kier alpha value is -2.70. The van der Waals surface area contributed by atoms with Crippen molar-refractivity contribution >= 4 is 17.5 Å². The van der Waals surface area contributed by atoms with Crippen molar-refractivity contribution in [3.05, 3.63) is 54.0 Å². The Balaban J connectivity index is 1.64. The second-order valence-corrected chi connectivity index (χ2v) is 5.69. The van der Waals surface area contributed by atoms with E-state index in [1.807, 2.05) is 0 Å². The summed E-state index contributed by atoms with van der Waals surface area (Å²) >= 11 is 0. The van der Waals surface area contributed by atoms with Crippen molar-refractivity contribution in [2.75, 3.05) is 18.4 Å². The fourth-order valence-corrected chi connectivity index (χ4v) is 2.75. The minimum absolute atomic E-state index is 0.188. The summed E-state index contributed by atoms with van der Waals surface area (Å²) in [6, 6.07) is 6.39. The number of rotatable bonds is 3. The summed E-state index contributed by atoms with van der Waals surface area (Å²) in [5.41, 5.74) is 0.188. The molecule has 2 amide bonds. The number of amides is 2. The Kier molecular flexibility index (Phi) is 4.59. The predicted octanol–water partition coefficient (Wildman–Crippen LogP) is 3.05. The minimum Gasteiger partial charge on any atom is -0.459 e. The van der Waals surface area contributed by atoms with Crippen LogP contribution in [-0.4, -0.2) is 29.8 Å². The van der Waals surface area contributed by atoms with Crippen molar-refractivity contribution < 1.29 is 22.8 Å². The van der Waals surface area contributed by atoms with Crippen molar-refractivity contribution in [1.82, 2.24) is 4.90 Å². The molecule has 1 aliphatic heterocycles. The van der Waals surface area contributed by atoms with Crippen molar-refractivity contribution in [3.8, 4) is 0 Å². The maximum atomic E-state index is 13.2. The first-order valence-electron chi connectivity index (χ1n) is 7.63. The van der Waals surface area contributed by atoms with Gasteiger partial charge in [0.2, 0.25) is 5.91 Å². The van der Waals surface area contributed by atoms with Gasteiger partial charge in [0.25, 0.3) is 5.91 Å². The summed E-state index contributed by atoms with van der Waals surface area (Å²) in [6.45, 7) is 0.809. The predicted molar refractivity (Wildman–Crippen MR) is 82.3 cm³/mol. The molecule has 2 aromatic rings. The van der Waals surface area contributed by atoms with E-state index < -0.39 is 17.6 Å². The summed E-state index contributed by atoms with van der Waals surface area (Å²) in [7, 11) is 0. The molecule has 1 atom stereocenters. The van der Waals surface area contributed by atoms with Gasteiger partial charge in [0, 0.05) is 24.8 Å². The second-order valence-electron chi connectivity index (χ2n) is 5.69. The SMILES string of the molecule is O=C(Nc1ccc(F)c(F)c1)[C@@H]1CCCN(C(=O)c2ccco2)C1. The molecule has 1 saturated heterocycles. The molecule has 24 heavy (non-hydrogen) atoms. The Morgan fingerprint density at radius 3 is 2.75 bits per heavy atom. The first kappa shape index (κ1) is 16.2. The number of carbonyl (C=O) groups excluding carboxylic acids is 2. The molecular formula is C17H16F2N2O3. The third-order valence-corrected chi connectivity index (χ3v) is 4.00. The highest BCUT2D eigenvalue weighted by Gasteiger charge is 2.30. The minimum atomic E-state index is -1.02. The molecule has 0 unspecified atom stereocenters. The third-order valence-electron chi connectivity index (χ3n) is 4.00. The van der Waals surface area contributed by atoms with Crippen LogP contribution in [0.5, 0.6) is 0 Å². The molecule has 1 aromatic heterocycles. The largest absolute Gasteiger partial charge is 0.459 e. The number of nitrogens with zero attached hydrogens (tertiary/aromatic N) is 1. The fraction of sp³-hybridized carbons (Fsp3) is 0.294. The molecule has 0 radical (unpaired) electrons. The van der Waals surface area contributed by atoms with Crippen LogP contribution in [0.2, 0.25) is 0 Å². The topological polar surface area (TPSA) is 62.6 Å². The standard InChI is InChI=1S/C17H16F2N2O3/c18-13-6-5-12(9-14(13)19)20-16(22)11-3-1-7-21(10-11)17(23)15-4-2-8-24-15/h2,4-6,8-9,11H,1,3,7,10H2,(H,20,22)/t11-/m1/s1. The molecule has 2 heterocycles. The number of likely N-dealkylation sites (tertiary alicyclic amines) is 1. The van der Waals surface area contributed by atoms with E-state index in [1.54, 1.807) is 17.0 Å². The smallest absolute Gasteiger partial charge is 0.289 e. The lowest BCUT2D eigenvalue weighted by atomic mass is 9.96. The number of anilines is 1. The normalized spacial score (nSPS) is 17.6. The number of nitrogens with one attached hydrogen (secondary N) is 1. The third kappa shape index (κ3) is 3.45. The zero-order valence-electron chi connectivity index (χ0n) is 12.8. The molecule has 0 aliphatic carbocycles. The molecule has 5 nitrogen and oxygen atoms in total. The number of hydrogen-bond acceptors (Lipinski definition) is 3. The fourth-order valence-electron chi connectivity index (χ4n) is 2.75. The van der Waals surface area contributed by atoms with Crippen LogP contribution in [0.15, 0.2) is 41.0 Å². The van der Waals surface area contributed by atoms with Gasteiger partial charge in [-0.1, -0.05) is 0 Å². The van der Waals surface area contributed by atoms with Gasteiger partial charge in [-0.2, -0.15) is 0 Å². The van der Waals surface area contributed by atoms with Crippen LogP contribution in [0, 0.1) is 17.6 Å². The van der Waals surface area contributed by atoms with Gasteiger partial charge < -0.3 is 14.6 Å². The van der Waals surface area contributed by atoms with Gasteiger partial charge in [-0.3, -0.25) is 9.59 Å². The van der Waals surface area contributed by atoms with Crippen molar-refractivity contribution in [2.24, 2.45) is 5.92 Å². The number of hydrogen-bond donors (Lipinski definition) is 1. The van der Waals surface area contributed by atoms with E-state index in [0.717, 1.165) is 12.1 Å². The Morgan fingerprint density at radius 1 is 1.21 bits per heavy atom. The number of benzene rings is 1. The molecule has 1 aliphatic rings. The van der Waals surface area contributed by atoms with Crippen LogP contribution < -0.4 is 5.32 Å². The van der Waals surface area contributed by atoms with E-state index in [1.165, 1.54) is 12.3 Å². The van der Waals surface area contributed by atoms with Gasteiger partial charge in [-0.05, 0) is 37.1 Å². The first-order chi connectivity index (χ1) is 11.5. The molecule has 126 valence electrons. The maximum Gasteiger partial charge on any atom is 0.289 e. The van der Waals surface area contributed by atoms with Gasteiger partial charge in [-0.25, -0.2) is 8.78 Å². The average Bonchev–Trinajstić information content (AvgIpc) is 3.12. The van der Waals surface area contributed by atoms with Crippen LogP contribution in [0.4, 0.5) is 14.5 Å². The molecule has 1 aromatic carbocycles. The molecule has 0 bridgehead atoms. The molecule has 3 rings (SSSR count). The van der Waals surface area contributed by atoms with E-state index in [0.29, 0.717) is 19.4 Å². The van der Waals surface area contributed by atoms with Gasteiger partial charge in [-0.15, -0.1) is 0 Å². The van der Waals surface area contributed by atoms with E-state index >= 15 is 0 Å². The van der Waals surface area contributed by atoms with E-state index in [-0.39, 0.29) is 29.8 Å². The highest BCUT2D eigenvalue weighted by atomic mass is 19.2. The maximum absolute atomic E-state index is 13.2. The lowest BCUT2D eigenvalue weighted by Gasteiger charge is -2.31. The molecular weight excluding hydrogens is 318 g/mol. The number of carbonyl (C=O) groups is 2. The molecule has 0 saturated carbocycles. The number of piperidine rings is 1. The average molecular weight is 334 g/mol. The van der Waals surface area contributed by atoms with Crippen LogP contribution in [0.3, 0.4) is 0 Å². The van der Waals surface area contributed by atoms with Crippen LogP contribution in [0.1, 0.15) is 23.4 Å². The van der Waals surface area contributed by atoms with Crippen LogP contribution in [-0.2, 0) is 4.79 Å². The van der Waals surface area contributed by atoms with Crippen molar-refractivity contribution in [1.29, 1.82) is 0 Å². The summed E-state index contributed by atoms with van der Waals surface area (Å²) in [5, 5.41) is 2.57. The van der Waals surface area contributed by atoms with Crippen LogP contribution in [0.25, 0.3) is 0 Å². The van der Waals surface area contributed by atoms with Gasteiger partial charge in [0.1, 0.15) is 0 Å². The lowest BCUT2D eigenvalue weighted by molar-refractivity contribution is -0.121. The highest BCUT2D eigenvalue weighted by Crippen LogP contribution is 2.21. The van der Waals surface area contributed by atoms with Gasteiger partial charge in [0.15, 0.2) is 17.4 Å². The molecule has 1 fully saturated rings. The van der Waals surface area contributed by atoms with Crippen molar-refractivity contribution in [3.63, 3.8) is 0 Å². The van der Waals surface area contributed by atoms with Gasteiger partial charge >= 0.3 is 0 Å². The van der Waals surface area contributed by atoms with E-state index in [9.17, 15) is 18.4 Å². The zero-order chi connectivity index (χ0) is 17.1. The monoisotopic (exact) mass is 334 g/mol. The highest BCUT2D eigenvalue weighted by molar-refractivity contribution is 5.95. The number of halogens is 2. The van der Waals surface area contributed by atoms with Gasteiger partial charge in [0.05, 0.1) is 12.2 Å². The van der Waals surface area contributed by atoms with E-state index in [2.05, 4.69) is 5.32 Å². The molecule has 0 spiro atoms. The zero-order valence-corrected chi connectivity index (χ0v) is 12.8. The lowest BCUT2D eigenvalue weighted by Crippen LogP contribution is -2.43.